The van der Waals surface area contributed by atoms with Gasteiger partial charge in [-0.2, -0.15) is 0 Å². The second-order valence-corrected chi connectivity index (χ2v) is 5.19. The topological polar surface area (TPSA) is 17.8 Å². The summed E-state index contributed by atoms with van der Waals surface area (Å²) in [6.07, 6.45) is 3.86. The Kier molecular flexibility index (Phi) is 3.57. The van der Waals surface area contributed by atoms with Crippen LogP contribution in [-0.2, 0) is 0 Å². The van der Waals surface area contributed by atoms with Crippen LogP contribution in [0.1, 0.15) is 18.5 Å². The first-order chi connectivity index (χ1) is 9.75. The minimum atomic E-state index is 0.213. The maximum absolute atomic E-state index is 5.95. The van der Waals surface area contributed by atoms with Gasteiger partial charge in [0.2, 0.25) is 0 Å². The van der Waals surface area contributed by atoms with E-state index in [1.165, 1.54) is 5.56 Å². The summed E-state index contributed by atoms with van der Waals surface area (Å²) in [6, 6.07) is 18.4. The summed E-state index contributed by atoms with van der Waals surface area (Å²) in [5, 5.41) is 0.759. The van der Waals surface area contributed by atoms with Crippen LogP contribution in [0.4, 0.5) is 0 Å². The van der Waals surface area contributed by atoms with Crippen molar-refractivity contribution in [3.63, 3.8) is 0 Å². The molecule has 20 heavy (non-hydrogen) atoms. The molecule has 0 amide bonds. The van der Waals surface area contributed by atoms with Gasteiger partial charge in [0.15, 0.2) is 0 Å². The van der Waals surface area contributed by atoms with E-state index in [4.69, 9.17) is 11.6 Å². The van der Waals surface area contributed by atoms with Crippen molar-refractivity contribution in [1.82, 2.24) is 9.55 Å². The Hall–Kier alpha value is -2.06. The third-order valence-corrected chi connectivity index (χ3v) is 3.72. The molecule has 0 saturated carbocycles. The predicted molar refractivity (Wildman–Crippen MR) is 82.9 cm³/mol. The third kappa shape index (κ3) is 2.47. The van der Waals surface area contributed by atoms with Gasteiger partial charge >= 0.3 is 0 Å². The monoisotopic (exact) mass is 282 g/mol. The Bertz CT molecular complexity index is 687. The zero-order valence-electron chi connectivity index (χ0n) is 11.2. The summed E-state index contributed by atoms with van der Waals surface area (Å²) in [4.78, 5) is 4.49. The van der Waals surface area contributed by atoms with Gasteiger partial charge in [-0.1, -0.05) is 54.1 Å². The van der Waals surface area contributed by atoms with Crippen LogP contribution in [0.15, 0.2) is 67.0 Å². The molecular weight excluding hydrogens is 268 g/mol. The lowest BCUT2D eigenvalue weighted by atomic mass is 10.1. The van der Waals surface area contributed by atoms with Crippen LogP contribution in [0.25, 0.3) is 11.4 Å². The average Bonchev–Trinajstić information content (AvgIpc) is 2.97. The maximum Gasteiger partial charge on any atom is 0.140 e. The third-order valence-electron chi connectivity index (χ3n) is 3.47. The first-order valence-electron chi connectivity index (χ1n) is 6.59. The van der Waals surface area contributed by atoms with Gasteiger partial charge in [-0.05, 0) is 24.6 Å². The lowest BCUT2D eigenvalue weighted by molar-refractivity contribution is 0.646. The number of halogens is 1. The van der Waals surface area contributed by atoms with Crippen LogP contribution >= 0.6 is 11.6 Å². The molecule has 3 heteroatoms. The highest BCUT2D eigenvalue weighted by atomic mass is 35.5. The highest BCUT2D eigenvalue weighted by Gasteiger charge is 2.13. The molecule has 1 atom stereocenters. The molecule has 0 saturated heterocycles. The summed E-state index contributed by atoms with van der Waals surface area (Å²) in [5.74, 6) is 0.980. The highest BCUT2D eigenvalue weighted by molar-refractivity contribution is 6.30. The largest absolute Gasteiger partial charge is 0.324 e. The molecular formula is C17H15ClN2. The normalized spacial score (nSPS) is 12.3. The van der Waals surface area contributed by atoms with E-state index in [1.807, 2.05) is 42.7 Å². The molecule has 0 aliphatic rings. The first kappa shape index (κ1) is 12.9. The summed E-state index contributed by atoms with van der Waals surface area (Å²) in [5.41, 5.74) is 2.34. The molecule has 0 N–H and O–H groups in total. The summed E-state index contributed by atoms with van der Waals surface area (Å²) in [7, 11) is 0. The van der Waals surface area contributed by atoms with Crippen molar-refractivity contribution in [2.24, 2.45) is 0 Å². The van der Waals surface area contributed by atoms with E-state index in [0.717, 1.165) is 16.4 Å². The number of imidazole rings is 1. The second kappa shape index (κ2) is 5.51. The van der Waals surface area contributed by atoms with E-state index in [0.29, 0.717) is 0 Å². The maximum atomic E-state index is 5.95. The molecule has 0 bridgehead atoms. The van der Waals surface area contributed by atoms with E-state index in [2.05, 4.69) is 40.7 Å². The van der Waals surface area contributed by atoms with Crippen molar-refractivity contribution in [3.05, 3.63) is 77.6 Å². The van der Waals surface area contributed by atoms with E-state index in [1.54, 1.807) is 0 Å². The summed E-state index contributed by atoms with van der Waals surface area (Å²) in [6.45, 7) is 2.16. The number of hydrogen-bond donors (Lipinski definition) is 0. The Morgan fingerprint density at radius 3 is 2.40 bits per heavy atom. The molecule has 2 nitrogen and oxygen atoms in total. The second-order valence-electron chi connectivity index (χ2n) is 4.75. The number of hydrogen-bond acceptors (Lipinski definition) is 1. The van der Waals surface area contributed by atoms with Crippen LogP contribution in [0.2, 0.25) is 5.02 Å². The Balaban J connectivity index is 1.99. The first-order valence-corrected chi connectivity index (χ1v) is 6.97. The SMILES string of the molecule is CC(c1ccc(Cl)cc1)n1ccnc1-c1ccccc1. The lowest BCUT2D eigenvalue weighted by Crippen LogP contribution is -2.07. The van der Waals surface area contributed by atoms with Crippen molar-refractivity contribution >= 4 is 11.6 Å². The molecule has 0 radical (unpaired) electrons. The van der Waals surface area contributed by atoms with Crippen molar-refractivity contribution in [1.29, 1.82) is 0 Å². The molecule has 100 valence electrons. The molecule has 0 aliphatic heterocycles. The Morgan fingerprint density at radius 1 is 1.00 bits per heavy atom. The van der Waals surface area contributed by atoms with Gasteiger partial charge < -0.3 is 4.57 Å². The van der Waals surface area contributed by atoms with Gasteiger partial charge in [-0.3, -0.25) is 0 Å². The van der Waals surface area contributed by atoms with Gasteiger partial charge in [-0.15, -0.1) is 0 Å². The summed E-state index contributed by atoms with van der Waals surface area (Å²) >= 11 is 5.95. The van der Waals surface area contributed by atoms with E-state index in [-0.39, 0.29) is 6.04 Å². The molecule has 1 unspecified atom stereocenters. The van der Waals surface area contributed by atoms with Crippen LogP contribution < -0.4 is 0 Å². The zero-order chi connectivity index (χ0) is 13.9. The Morgan fingerprint density at radius 2 is 1.70 bits per heavy atom. The number of aromatic nitrogens is 2. The summed E-state index contributed by atoms with van der Waals surface area (Å²) < 4.78 is 2.18. The number of rotatable bonds is 3. The van der Waals surface area contributed by atoms with E-state index < -0.39 is 0 Å². The van der Waals surface area contributed by atoms with E-state index >= 15 is 0 Å². The minimum absolute atomic E-state index is 0.213. The minimum Gasteiger partial charge on any atom is -0.324 e. The highest BCUT2D eigenvalue weighted by Crippen LogP contribution is 2.26. The molecule has 3 aromatic rings. The molecule has 0 aliphatic carbocycles. The fourth-order valence-corrected chi connectivity index (χ4v) is 2.46. The number of nitrogens with zero attached hydrogens (tertiary/aromatic N) is 2. The van der Waals surface area contributed by atoms with Gasteiger partial charge in [0.1, 0.15) is 5.82 Å². The van der Waals surface area contributed by atoms with Gasteiger partial charge in [0.05, 0.1) is 6.04 Å². The van der Waals surface area contributed by atoms with Crippen LogP contribution in [0, 0.1) is 0 Å². The van der Waals surface area contributed by atoms with Crippen molar-refractivity contribution in [2.75, 3.05) is 0 Å². The van der Waals surface area contributed by atoms with Crippen LogP contribution in [0.3, 0.4) is 0 Å². The molecule has 3 rings (SSSR count). The van der Waals surface area contributed by atoms with Crippen LogP contribution in [0.5, 0.6) is 0 Å². The molecule has 0 fully saturated rings. The standard InChI is InChI=1S/C17H15ClN2/c1-13(14-7-9-16(18)10-8-14)20-12-11-19-17(20)15-5-3-2-4-6-15/h2-13H,1H3. The molecule has 0 spiro atoms. The molecule has 1 aromatic heterocycles. The van der Waals surface area contributed by atoms with Gasteiger partial charge in [0, 0.05) is 23.0 Å². The fraction of sp³-hybridized carbons (Fsp3) is 0.118. The number of benzene rings is 2. The quantitative estimate of drug-likeness (QED) is 0.674. The van der Waals surface area contributed by atoms with Crippen molar-refractivity contribution < 1.29 is 0 Å². The molecule has 1 heterocycles. The van der Waals surface area contributed by atoms with Gasteiger partial charge in [0.25, 0.3) is 0 Å². The zero-order valence-corrected chi connectivity index (χ0v) is 12.0. The fourth-order valence-electron chi connectivity index (χ4n) is 2.34. The van der Waals surface area contributed by atoms with Crippen LogP contribution in [-0.4, -0.2) is 9.55 Å². The van der Waals surface area contributed by atoms with Gasteiger partial charge in [-0.25, -0.2) is 4.98 Å². The van der Waals surface area contributed by atoms with Crippen molar-refractivity contribution in [2.45, 2.75) is 13.0 Å². The smallest absolute Gasteiger partial charge is 0.140 e. The Labute approximate surface area is 123 Å². The average molecular weight is 283 g/mol. The molecule has 2 aromatic carbocycles. The van der Waals surface area contributed by atoms with Crippen molar-refractivity contribution in [3.8, 4) is 11.4 Å². The lowest BCUT2D eigenvalue weighted by Gasteiger charge is -2.17. The predicted octanol–water partition coefficient (Wildman–Crippen LogP) is 4.81. The van der Waals surface area contributed by atoms with E-state index in [9.17, 15) is 0 Å².